The molecule has 0 fully saturated rings. The fraction of sp³-hybridized carbons (Fsp3) is 0.182. The van der Waals surface area contributed by atoms with Crippen molar-refractivity contribution in [2.45, 2.75) is 13.3 Å². The standard InChI is InChI=1S/C11H10O3/c1-2-10(13)9-6-14-11-5-7(12)3-4-8(9)11/h3-6,12H,2H2,1H3. The van der Waals surface area contributed by atoms with E-state index in [0.29, 0.717) is 17.6 Å². The summed E-state index contributed by atoms with van der Waals surface area (Å²) in [6.07, 6.45) is 1.89. The van der Waals surface area contributed by atoms with Gasteiger partial charge in [0.15, 0.2) is 5.78 Å². The Balaban J connectivity index is 2.64. The maximum absolute atomic E-state index is 11.5. The van der Waals surface area contributed by atoms with Crippen LogP contribution in [0.3, 0.4) is 0 Å². The topological polar surface area (TPSA) is 50.4 Å². The molecular formula is C11H10O3. The molecule has 2 rings (SSSR count). The number of carbonyl (C=O) groups is 1. The van der Waals surface area contributed by atoms with Gasteiger partial charge in [0.1, 0.15) is 17.6 Å². The van der Waals surface area contributed by atoms with Crippen molar-refractivity contribution in [2.24, 2.45) is 0 Å². The van der Waals surface area contributed by atoms with Crippen LogP contribution in [-0.4, -0.2) is 10.9 Å². The van der Waals surface area contributed by atoms with E-state index in [2.05, 4.69) is 0 Å². The molecule has 0 aliphatic carbocycles. The summed E-state index contributed by atoms with van der Waals surface area (Å²) in [5.41, 5.74) is 1.13. The predicted octanol–water partition coefficient (Wildman–Crippen LogP) is 2.73. The first kappa shape index (κ1) is 8.81. The van der Waals surface area contributed by atoms with Crippen molar-refractivity contribution in [3.8, 4) is 5.75 Å². The second kappa shape index (κ2) is 3.18. The summed E-state index contributed by atoms with van der Waals surface area (Å²) in [4.78, 5) is 11.5. The number of hydrogen-bond acceptors (Lipinski definition) is 3. The van der Waals surface area contributed by atoms with Crippen LogP contribution in [0.1, 0.15) is 23.7 Å². The van der Waals surface area contributed by atoms with E-state index in [-0.39, 0.29) is 11.5 Å². The van der Waals surface area contributed by atoms with Crippen LogP contribution in [0.2, 0.25) is 0 Å². The molecule has 3 heteroatoms. The summed E-state index contributed by atoms with van der Waals surface area (Å²) in [7, 11) is 0. The number of phenolic OH excluding ortho intramolecular Hbond substituents is 1. The molecule has 1 aromatic heterocycles. The second-order valence-electron chi connectivity index (χ2n) is 3.11. The van der Waals surface area contributed by atoms with E-state index < -0.39 is 0 Å². The first-order chi connectivity index (χ1) is 6.72. The zero-order valence-electron chi connectivity index (χ0n) is 7.78. The Labute approximate surface area is 81.0 Å². The highest BCUT2D eigenvalue weighted by Crippen LogP contribution is 2.25. The van der Waals surface area contributed by atoms with E-state index >= 15 is 0 Å². The number of aromatic hydroxyl groups is 1. The average molecular weight is 190 g/mol. The molecular weight excluding hydrogens is 180 g/mol. The Bertz CT molecular complexity index is 482. The molecule has 72 valence electrons. The van der Waals surface area contributed by atoms with Gasteiger partial charge in [-0.3, -0.25) is 4.79 Å². The van der Waals surface area contributed by atoms with Gasteiger partial charge in [-0.25, -0.2) is 0 Å². The van der Waals surface area contributed by atoms with Gasteiger partial charge in [-0.1, -0.05) is 6.92 Å². The van der Waals surface area contributed by atoms with Crippen molar-refractivity contribution < 1.29 is 14.3 Å². The number of furan rings is 1. The van der Waals surface area contributed by atoms with E-state index in [4.69, 9.17) is 4.42 Å². The van der Waals surface area contributed by atoms with Crippen molar-refractivity contribution in [1.29, 1.82) is 0 Å². The van der Waals surface area contributed by atoms with Crippen LogP contribution in [-0.2, 0) is 0 Å². The summed E-state index contributed by atoms with van der Waals surface area (Å²) in [6.45, 7) is 1.81. The summed E-state index contributed by atoms with van der Waals surface area (Å²) in [6, 6.07) is 4.74. The third-order valence-electron chi connectivity index (χ3n) is 2.18. The third-order valence-corrected chi connectivity index (χ3v) is 2.18. The van der Waals surface area contributed by atoms with Gasteiger partial charge in [0.05, 0.1) is 5.56 Å². The lowest BCUT2D eigenvalue weighted by Crippen LogP contribution is -1.93. The molecule has 0 spiro atoms. The van der Waals surface area contributed by atoms with Crippen LogP contribution in [0.5, 0.6) is 5.75 Å². The summed E-state index contributed by atoms with van der Waals surface area (Å²) >= 11 is 0. The molecule has 0 bridgehead atoms. The normalized spacial score (nSPS) is 10.6. The average Bonchev–Trinajstić information content (AvgIpc) is 2.59. The number of rotatable bonds is 2. The first-order valence-corrected chi connectivity index (χ1v) is 4.45. The minimum absolute atomic E-state index is 0.0504. The van der Waals surface area contributed by atoms with Gasteiger partial charge >= 0.3 is 0 Å². The van der Waals surface area contributed by atoms with Gasteiger partial charge in [-0.15, -0.1) is 0 Å². The van der Waals surface area contributed by atoms with Crippen molar-refractivity contribution in [3.05, 3.63) is 30.0 Å². The number of Topliss-reactive ketones (excluding diaryl/α,β-unsaturated/α-hetero) is 1. The molecule has 0 saturated heterocycles. The molecule has 0 aliphatic heterocycles. The molecule has 3 nitrogen and oxygen atoms in total. The lowest BCUT2D eigenvalue weighted by molar-refractivity contribution is 0.0989. The molecule has 1 aromatic carbocycles. The number of carbonyl (C=O) groups excluding carboxylic acids is 1. The van der Waals surface area contributed by atoms with Crippen molar-refractivity contribution in [2.75, 3.05) is 0 Å². The quantitative estimate of drug-likeness (QED) is 0.740. The smallest absolute Gasteiger partial charge is 0.166 e. The Hall–Kier alpha value is -1.77. The monoisotopic (exact) mass is 190 g/mol. The highest BCUT2D eigenvalue weighted by Gasteiger charge is 2.11. The number of phenols is 1. The fourth-order valence-corrected chi connectivity index (χ4v) is 1.42. The largest absolute Gasteiger partial charge is 0.508 e. The molecule has 1 N–H and O–H groups in total. The maximum atomic E-state index is 11.5. The van der Waals surface area contributed by atoms with Gasteiger partial charge in [0.25, 0.3) is 0 Å². The minimum atomic E-state index is 0.0504. The number of hydrogen-bond donors (Lipinski definition) is 1. The van der Waals surface area contributed by atoms with Gasteiger partial charge in [0, 0.05) is 17.9 Å². The highest BCUT2D eigenvalue weighted by molar-refractivity contribution is 6.07. The Morgan fingerprint density at radius 1 is 1.50 bits per heavy atom. The SMILES string of the molecule is CCC(=O)c1coc2cc(O)ccc12. The van der Waals surface area contributed by atoms with Crippen LogP contribution >= 0.6 is 0 Å². The first-order valence-electron chi connectivity index (χ1n) is 4.45. The number of ketones is 1. The Kier molecular flexibility index (Phi) is 2.00. The van der Waals surface area contributed by atoms with Crippen LogP contribution < -0.4 is 0 Å². The lowest BCUT2D eigenvalue weighted by Gasteiger charge is -1.93. The summed E-state index contributed by atoms with van der Waals surface area (Å²) < 4.78 is 5.17. The molecule has 2 aromatic rings. The van der Waals surface area contributed by atoms with Crippen LogP contribution in [0.25, 0.3) is 11.0 Å². The van der Waals surface area contributed by atoms with Crippen molar-refractivity contribution >= 4 is 16.8 Å². The number of benzene rings is 1. The van der Waals surface area contributed by atoms with Crippen molar-refractivity contribution in [3.63, 3.8) is 0 Å². The highest BCUT2D eigenvalue weighted by atomic mass is 16.3. The fourth-order valence-electron chi connectivity index (χ4n) is 1.42. The predicted molar refractivity (Wildman–Crippen MR) is 52.5 cm³/mol. The molecule has 0 unspecified atom stereocenters. The van der Waals surface area contributed by atoms with Gasteiger partial charge in [-0.05, 0) is 12.1 Å². The van der Waals surface area contributed by atoms with Crippen LogP contribution in [0, 0.1) is 0 Å². The molecule has 0 radical (unpaired) electrons. The van der Waals surface area contributed by atoms with E-state index in [9.17, 15) is 9.90 Å². The van der Waals surface area contributed by atoms with Gasteiger partial charge < -0.3 is 9.52 Å². The molecule has 0 atom stereocenters. The van der Waals surface area contributed by atoms with E-state index in [1.54, 1.807) is 12.1 Å². The molecule has 0 saturated carbocycles. The third kappa shape index (κ3) is 1.27. The van der Waals surface area contributed by atoms with Crippen LogP contribution in [0.4, 0.5) is 0 Å². The van der Waals surface area contributed by atoms with Gasteiger partial charge in [0.2, 0.25) is 0 Å². The second-order valence-corrected chi connectivity index (χ2v) is 3.11. The Morgan fingerprint density at radius 2 is 2.29 bits per heavy atom. The van der Waals surface area contributed by atoms with Gasteiger partial charge in [-0.2, -0.15) is 0 Å². The molecule has 14 heavy (non-hydrogen) atoms. The Morgan fingerprint density at radius 3 is 3.00 bits per heavy atom. The summed E-state index contributed by atoms with van der Waals surface area (Å²) in [5.74, 6) is 0.191. The minimum Gasteiger partial charge on any atom is -0.508 e. The van der Waals surface area contributed by atoms with E-state index in [1.807, 2.05) is 6.92 Å². The zero-order valence-corrected chi connectivity index (χ0v) is 7.78. The van der Waals surface area contributed by atoms with E-state index in [1.165, 1.54) is 12.3 Å². The molecule has 0 amide bonds. The number of fused-ring (bicyclic) bond motifs is 1. The maximum Gasteiger partial charge on any atom is 0.166 e. The molecule has 0 aliphatic rings. The lowest BCUT2D eigenvalue weighted by atomic mass is 10.1. The van der Waals surface area contributed by atoms with E-state index in [0.717, 1.165) is 5.39 Å². The van der Waals surface area contributed by atoms with Crippen molar-refractivity contribution in [1.82, 2.24) is 0 Å². The zero-order chi connectivity index (χ0) is 10.1. The summed E-state index contributed by atoms with van der Waals surface area (Å²) in [5, 5.41) is 9.95. The van der Waals surface area contributed by atoms with Crippen LogP contribution in [0.15, 0.2) is 28.9 Å². The molecule has 1 heterocycles.